The Bertz CT molecular complexity index is 1670. The Morgan fingerprint density at radius 2 is 1.77 bits per heavy atom. The number of likely N-dealkylation sites (tertiary alicyclic amines) is 1. The topological polar surface area (TPSA) is 86.3 Å². The van der Waals surface area contributed by atoms with E-state index in [9.17, 15) is 9.18 Å². The minimum Gasteiger partial charge on any atom is -0.444 e. The average molecular weight is 540 g/mol. The summed E-state index contributed by atoms with van der Waals surface area (Å²) in [7, 11) is 0. The number of halogens is 1. The van der Waals surface area contributed by atoms with Gasteiger partial charge in [-0.3, -0.25) is 4.68 Å². The van der Waals surface area contributed by atoms with Crippen LogP contribution in [0, 0.1) is 5.82 Å². The monoisotopic (exact) mass is 539 g/mol. The van der Waals surface area contributed by atoms with Gasteiger partial charge in [-0.05, 0) is 64.4 Å². The fourth-order valence-electron chi connectivity index (χ4n) is 5.16. The Morgan fingerprint density at radius 3 is 2.50 bits per heavy atom. The highest BCUT2D eigenvalue weighted by molar-refractivity contribution is 5.95. The van der Waals surface area contributed by atoms with Crippen LogP contribution in [-0.4, -0.2) is 48.9 Å². The highest BCUT2D eigenvalue weighted by Gasteiger charge is 2.37. The van der Waals surface area contributed by atoms with Crippen LogP contribution in [0.5, 0.6) is 0 Å². The van der Waals surface area contributed by atoms with Crippen LogP contribution in [0.25, 0.3) is 44.9 Å². The van der Waals surface area contributed by atoms with E-state index in [0.29, 0.717) is 35.8 Å². The molecular formula is C31H30FN5O3. The third-order valence-electron chi connectivity index (χ3n) is 7.05. The maximum absolute atomic E-state index is 13.8. The van der Waals surface area contributed by atoms with E-state index >= 15 is 0 Å². The molecule has 0 aliphatic carbocycles. The average Bonchev–Trinajstić information content (AvgIpc) is 3.65. The van der Waals surface area contributed by atoms with Gasteiger partial charge in [-0.1, -0.05) is 30.3 Å². The van der Waals surface area contributed by atoms with Crippen molar-refractivity contribution in [3.8, 4) is 33.8 Å². The maximum Gasteiger partial charge on any atom is 0.410 e. The molecule has 1 saturated heterocycles. The van der Waals surface area contributed by atoms with Gasteiger partial charge in [-0.15, -0.1) is 0 Å². The molecule has 0 spiro atoms. The van der Waals surface area contributed by atoms with Gasteiger partial charge in [-0.25, -0.2) is 19.2 Å². The molecule has 2 atom stereocenters. The number of benzene rings is 2. The Hall–Kier alpha value is -4.53. The molecular weight excluding hydrogens is 509 g/mol. The number of furan rings is 1. The molecule has 2 aromatic carbocycles. The molecule has 40 heavy (non-hydrogen) atoms. The van der Waals surface area contributed by atoms with Crippen molar-refractivity contribution < 1.29 is 18.3 Å². The second-order valence-electron chi connectivity index (χ2n) is 11.2. The van der Waals surface area contributed by atoms with E-state index in [1.54, 1.807) is 17.0 Å². The summed E-state index contributed by atoms with van der Waals surface area (Å²) in [6.07, 6.45) is 3.81. The van der Waals surface area contributed by atoms with Crippen LogP contribution in [0.15, 0.2) is 77.6 Å². The van der Waals surface area contributed by atoms with E-state index in [0.717, 1.165) is 22.1 Å². The van der Waals surface area contributed by atoms with Crippen molar-refractivity contribution >= 4 is 17.2 Å². The highest BCUT2D eigenvalue weighted by Crippen LogP contribution is 2.38. The molecule has 8 nitrogen and oxygen atoms in total. The quantitative estimate of drug-likeness (QED) is 0.241. The molecule has 0 radical (unpaired) electrons. The summed E-state index contributed by atoms with van der Waals surface area (Å²) in [5.41, 5.74) is 3.66. The number of ether oxygens (including phenoxy) is 1. The number of carbonyl (C=O) groups excluding carboxylic acids is 1. The van der Waals surface area contributed by atoms with Gasteiger partial charge in [0.25, 0.3) is 0 Å². The van der Waals surface area contributed by atoms with Crippen molar-refractivity contribution in [3.05, 3.63) is 79.0 Å². The fourth-order valence-corrected chi connectivity index (χ4v) is 5.16. The Morgan fingerprint density at radius 1 is 1.02 bits per heavy atom. The lowest BCUT2D eigenvalue weighted by molar-refractivity contribution is 0.0234. The normalized spacial score (nSPS) is 17.5. The van der Waals surface area contributed by atoms with Crippen molar-refractivity contribution in [2.24, 2.45) is 0 Å². The number of nitrogens with zero attached hydrogens (tertiary/aromatic N) is 5. The second kappa shape index (κ2) is 9.89. The summed E-state index contributed by atoms with van der Waals surface area (Å²) in [4.78, 5) is 23.6. The summed E-state index contributed by atoms with van der Waals surface area (Å²) in [5, 5.41) is 5.72. The van der Waals surface area contributed by atoms with E-state index < -0.39 is 5.60 Å². The SMILES string of the molecule is C[C@H]1C[C@H](n2cc(-c3ncnc4oc(-c5ccccc5)cc34)c(-c3ccc(F)cc3)n2)CN1C(=O)OC(C)(C)C. The Labute approximate surface area is 231 Å². The van der Waals surface area contributed by atoms with Crippen molar-refractivity contribution in [3.63, 3.8) is 0 Å². The molecule has 5 aromatic rings. The van der Waals surface area contributed by atoms with Gasteiger partial charge in [0.15, 0.2) is 0 Å². The van der Waals surface area contributed by atoms with Gasteiger partial charge in [-0.2, -0.15) is 5.10 Å². The number of amides is 1. The zero-order chi connectivity index (χ0) is 28.0. The Balaban J connectivity index is 1.43. The van der Waals surface area contributed by atoms with Crippen LogP contribution >= 0.6 is 0 Å². The van der Waals surface area contributed by atoms with Crippen LogP contribution in [-0.2, 0) is 4.74 Å². The lowest BCUT2D eigenvalue weighted by Crippen LogP contribution is -2.38. The van der Waals surface area contributed by atoms with Crippen molar-refractivity contribution in [1.29, 1.82) is 0 Å². The van der Waals surface area contributed by atoms with Crippen LogP contribution in [0.1, 0.15) is 40.2 Å². The lowest BCUT2D eigenvalue weighted by atomic mass is 10.0. The van der Waals surface area contributed by atoms with E-state index in [2.05, 4.69) is 9.97 Å². The molecule has 1 fully saturated rings. The first-order valence-electron chi connectivity index (χ1n) is 13.3. The molecule has 1 amide bonds. The third kappa shape index (κ3) is 4.95. The van der Waals surface area contributed by atoms with Crippen LogP contribution in [0.3, 0.4) is 0 Å². The molecule has 1 aliphatic rings. The maximum atomic E-state index is 13.8. The molecule has 0 bridgehead atoms. The number of rotatable bonds is 4. The first kappa shape index (κ1) is 25.7. The van der Waals surface area contributed by atoms with Crippen molar-refractivity contribution in [2.75, 3.05) is 6.54 Å². The van der Waals surface area contributed by atoms with Gasteiger partial charge >= 0.3 is 6.09 Å². The number of hydrogen-bond donors (Lipinski definition) is 0. The summed E-state index contributed by atoms with van der Waals surface area (Å²) in [6, 6.07) is 17.9. The predicted octanol–water partition coefficient (Wildman–Crippen LogP) is 7.13. The molecule has 3 aromatic heterocycles. The fraction of sp³-hybridized carbons (Fsp3) is 0.290. The van der Waals surface area contributed by atoms with Crippen LogP contribution < -0.4 is 0 Å². The minimum atomic E-state index is -0.578. The first-order chi connectivity index (χ1) is 19.2. The lowest BCUT2D eigenvalue weighted by Gasteiger charge is -2.26. The summed E-state index contributed by atoms with van der Waals surface area (Å²) < 4.78 is 27.4. The largest absolute Gasteiger partial charge is 0.444 e. The zero-order valence-corrected chi connectivity index (χ0v) is 22.8. The second-order valence-corrected chi connectivity index (χ2v) is 11.2. The minimum absolute atomic E-state index is 0.0187. The van der Waals surface area contributed by atoms with Gasteiger partial charge in [0.05, 0.1) is 17.1 Å². The predicted molar refractivity (Wildman–Crippen MR) is 150 cm³/mol. The highest BCUT2D eigenvalue weighted by atomic mass is 19.1. The van der Waals surface area contributed by atoms with Gasteiger partial charge in [0, 0.05) is 35.5 Å². The summed E-state index contributed by atoms with van der Waals surface area (Å²) >= 11 is 0. The summed E-state index contributed by atoms with van der Waals surface area (Å²) in [5.74, 6) is 0.361. The van der Waals surface area contributed by atoms with E-state index in [-0.39, 0.29) is 24.0 Å². The zero-order valence-electron chi connectivity index (χ0n) is 22.8. The molecule has 9 heteroatoms. The number of carbonyl (C=O) groups is 1. The van der Waals surface area contributed by atoms with Crippen molar-refractivity contribution in [2.45, 2.75) is 51.8 Å². The first-order valence-corrected chi connectivity index (χ1v) is 13.3. The van der Waals surface area contributed by atoms with E-state index in [4.69, 9.17) is 14.3 Å². The smallest absolute Gasteiger partial charge is 0.410 e. The molecule has 4 heterocycles. The van der Waals surface area contributed by atoms with E-state index in [1.165, 1.54) is 18.5 Å². The van der Waals surface area contributed by atoms with Crippen LogP contribution in [0.2, 0.25) is 0 Å². The number of aromatic nitrogens is 4. The molecule has 204 valence electrons. The summed E-state index contributed by atoms with van der Waals surface area (Å²) in [6.45, 7) is 8.06. The molecule has 0 unspecified atom stereocenters. The molecule has 0 N–H and O–H groups in total. The number of fused-ring (bicyclic) bond motifs is 1. The molecule has 0 saturated carbocycles. The third-order valence-corrected chi connectivity index (χ3v) is 7.05. The molecule has 6 rings (SSSR count). The number of hydrogen-bond acceptors (Lipinski definition) is 6. The van der Waals surface area contributed by atoms with Gasteiger partial charge < -0.3 is 14.1 Å². The molecule has 1 aliphatic heterocycles. The van der Waals surface area contributed by atoms with Crippen LogP contribution in [0.4, 0.5) is 9.18 Å². The van der Waals surface area contributed by atoms with Gasteiger partial charge in [0.1, 0.15) is 29.2 Å². The Kier molecular flexibility index (Phi) is 6.37. The standard InChI is InChI=1S/C31H30FN5O3/c1-19-14-23(16-36(19)30(38)40-31(2,3)4)37-17-25(27(35-37)21-10-12-22(32)13-11-21)28-24-15-26(20-8-6-5-7-9-20)39-29(24)34-18-33-28/h5-13,15,17-19,23H,14,16H2,1-4H3/t19-,23-/m0/s1. The van der Waals surface area contributed by atoms with Crippen molar-refractivity contribution in [1.82, 2.24) is 24.6 Å². The van der Waals surface area contributed by atoms with E-state index in [1.807, 2.05) is 75.0 Å². The van der Waals surface area contributed by atoms with Gasteiger partial charge in [0.2, 0.25) is 5.71 Å².